The number of fused-ring (bicyclic) bond motifs is 1. The summed E-state index contributed by atoms with van der Waals surface area (Å²) in [5.74, 6) is -0.408. The second-order valence-corrected chi connectivity index (χ2v) is 14.3. The van der Waals surface area contributed by atoms with Gasteiger partial charge in [-0.25, -0.2) is 4.79 Å². The molecule has 9 nitrogen and oxygen atoms in total. The topological polar surface area (TPSA) is 127 Å². The van der Waals surface area contributed by atoms with Gasteiger partial charge in [-0.1, -0.05) is 51.1 Å². The number of amides is 1. The number of carbonyl (C=O) groups is 2. The number of hydrogen-bond acceptors (Lipinski definition) is 8. The van der Waals surface area contributed by atoms with E-state index < -0.39 is 63.0 Å². The van der Waals surface area contributed by atoms with Crippen LogP contribution in [0.25, 0.3) is 0 Å². The highest BCUT2D eigenvalue weighted by atomic mass is 28.4. The molecule has 1 saturated carbocycles. The molecule has 2 aliphatic rings. The maximum absolute atomic E-state index is 12.4. The molecule has 1 aliphatic carbocycles. The third kappa shape index (κ3) is 6.62. The van der Waals surface area contributed by atoms with Crippen LogP contribution < -0.4 is 5.32 Å². The van der Waals surface area contributed by atoms with Crippen LogP contribution in [0.5, 0.6) is 0 Å². The Bertz CT molecular complexity index is 843. The van der Waals surface area contributed by atoms with Crippen molar-refractivity contribution in [1.29, 1.82) is 0 Å². The lowest BCUT2D eigenvalue weighted by Crippen LogP contribution is -2.61. The van der Waals surface area contributed by atoms with E-state index in [4.69, 9.17) is 18.6 Å². The van der Waals surface area contributed by atoms with Crippen LogP contribution in [-0.4, -0.2) is 73.3 Å². The van der Waals surface area contributed by atoms with Gasteiger partial charge in [0.1, 0.15) is 30.5 Å². The molecule has 0 spiro atoms. The molecule has 3 rings (SSSR count). The van der Waals surface area contributed by atoms with Crippen LogP contribution in [0.3, 0.4) is 0 Å². The molecule has 3 N–H and O–H groups in total. The maximum atomic E-state index is 12.4. The number of alkyl carbamates (subject to hydrolysis) is 1. The zero-order valence-corrected chi connectivity index (χ0v) is 22.1. The summed E-state index contributed by atoms with van der Waals surface area (Å²) in [6, 6.07) is 11.2. The number of hydrogen-bond donors (Lipinski definition) is 3. The lowest BCUT2D eigenvalue weighted by molar-refractivity contribution is -0.156. The quantitative estimate of drug-likeness (QED) is 0.223. The van der Waals surface area contributed by atoms with E-state index in [9.17, 15) is 19.8 Å². The number of ether oxygens (including phenoxy) is 3. The first kappa shape index (κ1) is 27.6. The van der Waals surface area contributed by atoms with Crippen LogP contribution >= 0.6 is 0 Å². The molecule has 0 bridgehead atoms. The van der Waals surface area contributed by atoms with Crippen molar-refractivity contribution in [2.75, 3.05) is 6.61 Å². The molecule has 2 fully saturated rings. The summed E-state index contributed by atoms with van der Waals surface area (Å²) in [7, 11) is -2.15. The SMILES string of the molecule is CC[Si](CC)(CC)O[C@H]1C[C@@H](OC(C)=O)[C@@H]2O[C@@H]2[C@@]1(O)C[C@@H](CO)NC(=O)OCc1ccccc1. The van der Waals surface area contributed by atoms with Crippen LogP contribution in [0.4, 0.5) is 4.79 Å². The number of rotatable bonds is 12. The zero-order valence-electron chi connectivity index (χ0n) is 21.1. The summed E-state index contributed by atoms with van der Waals surface area (Å²) in [6.07, 6.45) is -2.58. The second-order valence-electron chi connectivity index (χ2n) is 9.54. The first-order valence-corrected chi connectivity index (χ1v) is 15.0. The van der Waals surface area contributed by atoms with Crippen LogP contribution in [0.15, 0.2) is 30.3 Å². The highest BCUT2D eigenvalue weighted by Crippen LogP contribution is 2.49. The Morgan fingerprint density at radius 3 is 2.43 bits per heavy atom. The second kappa shape index (κ2) is 11.8. The number of carbonyl (C=O) groups excluding carboxylic acids is 2. The Kier molecular flexibility index (Phi) is 9.33. The summed E-state index contributed by atoms with van der Waals surface area (Å²) in [4.78, 5) is 24.0. The van der Waals surface area contributed by atoms with Crippen molar-refractivity contribution in [3.05, 3.63) is 35.9 Å². The van der Waals surface area contributed by atoms with Gasteiger partial charge < -0.3 is 34.2 Å². The maximum Gasteiger partial charge on any atom is 0.407 e. The molecule has 1 aromatic rings. The molecular weight excluding hydrogens is 470 g/mol. The third-order valence-corrected chi connectivity index (χ3v) is 12.0. The minimum atomic E-state index is -2.15. The van der Waals surface area contributed by atoms with Crippen molar-refractivity contribution in [3.8, 4) is 0 Å². The van der Waals surface area contributed by atoms with E-state index in [1.165, 1.54) is 6.92 Å². The van der Waals surface area contributed by atoms with Crippen molar-refractivity contribution in [2.24, 2.45) is 0 Å². The smallest absolute Gasteiger partial charge is 0.407 e. The van der Waals surface area contributed by atoms with Gasteiger partial charge in [0.15, 0.2) is 8.32 Å². The average molecular weight is 510 g/mol. The summed E-state index contributed by atoms with van der Waals surface area (Å²) >= 11 is 0. The summed E-state index contributed by atoms with van der Waals surface area (Å²) in [5, 5.41) is 24.6. The molecule has 196 valence electrons. The molecule has 1 aliphatic heterocycles. The standard InChI is InChI=1S/C25H39NO8Si/c1-5-35(6-2,7-3)34-21-13-20(32-17(4)28)22-23(33-22)25(21,30)14-19(15-27)26-24(29)31-16-18-11-9-8-10-12-18/h8-12,19-23,27,30H,5-7,13-16H2,1-4H3,(H,26,29)/t19-,20+,21-,22-,23-,25+/m0/s1. The first-order chi connectivity index (χ1) is 16.7. The van der Waals surface area contributed by atoms with Gasteiger partial charge in [-0.15, -0.1) is 0 Å². The lowest BCUT2D eigenvalue weighted by Gasteiger charge is -2.45. The van der Waals surface area contributed by atoms with E-state index in [2.05, 4.69) is 26.1 Å². The highest BCUT2D eigenvalue weighted by Gasteiger charge is 2.67. The van der Waals surface area contributed by atoms with Crippen molar-refractivity contribution in [1.82, 2.24) is 5.32 Å². The Balaban J connectivity index is 1.72. The minimum absolute atomic E-state index is 0.0180. The Morgan fingerprint density at radius 2 is 1.86 bits per heavy atom. The molecular formula is C25H39NO8Si. The van der Waals surface area contributed by atoms with Crippen LogP contribution in [-0.2, 0) is 30.0 Å². The van der Waals surface area contributed by atoms with Crippen LogP contribution in [0.1, 0.15) is 46.1 Å². The van der Waals surface area contributed by atoms with E-state index in [1.54, 1.807) is 0 Å². The van der Waals surface area contributed by atoms with E-state index in [-0.39, 0.29) is 13.0 Å². The van der Waals surface area contributed by atoms with Crippen molar-refractivity contribution >= 4 is 20.4 Å². The summed E-state index contributed by atoms with van der Waals surface area (Å²) in [6.45, 7) is 7.35. The molecule has 0 unspecified atom stereocenters. The number of aliphatic hydroxyl groups is 2. The van der Waals surface area contributed by atoms with Gasteiger partial charge in [-0.3, -0.25) is 4.79 Å². The molecule has 6 atom stereocenters. The highest BCUT2D eigenvalue weighted by molar-refractivity contribution is 6.73. The van der Waals surface area contributed by atoms with E-state index in [0.717, 1.165) is 23.7 Å². The molecule has 1 saturated heterocycles. The largest absolute Gasteiger partial charge is 0.460 e. The molecule has 0 radical (unpaired) electrons. The van der Waals surface area contributed by atoms with Crippen LogP contribution in [0, 0.1) is 0 Å². The van der Waals surface area contributed by atoms with Crippen molar-refractivity contribution < 1.29 is 38.4 Å². The third-order valence-electron chi connectivity index (χ3n) is 7.36. The number of nitrogens with one attached hydrogen (secondary N) is 1. The van der Waals surface area contributed by atoms with Gasteiger partial charge in [0.25, 0.3) is 0 Å². The van der Waals surface area contributed by atoms with E-state index >= 15 is 0 Å². The number of esters is 1. The predicted molar refractivity (Wildman–Crippen MR) is 131 cm³/mol. The number of epoxide rings is 1. The van der Waals surface area contributed by atoms with Gasteiger partial charge in [-0.2, -0.15) is 0 Å². The molecule has 35 heavy (non-hydrogen) atoms. The van der Waals surface area contributed by atoms with E-state index in [1.807, 2.05) is 30.3 Å². The average Bonchev–Trinajstić information content (AvgIpc) is 3.66. The Labute approximate surface area is 208 Å². The fourth-order valence-electron chi connectivity index (χ4n) is 5.06. The molecule has 10 heteroatoms. The first-order valence-electron chi connectivity index (χ1n) is 12.5. The van der Waals surface area contributed by atoms with Gasteiger partial charge in [0, 0.05) is 19.8 Å². The molecule has 1 amide bonds. The van der Waals surface area contributed by atoms with Gasteiger partial charge in [-0.05, 0) is 23.7 Å². The molecule has 1 heterocycles. The van der Waals surface area contributed by atoms with Crippen molar-refractivity contribution in [2.45, 2.75) is 101 Å². The monoisotopic (exact) mass is 509 g/mol. The fourth-order valence-corrected chi connectivity index (χ4v) is 7.96. The summed E-state index contributed by atoms with van der Waals surface area (Å²) < 4.78 is 23.2. The van der Waals surface area contributed by atoms with Gasteiger partial charge in [0.2, 0.25) is 0 Å². The molecule has 0 aromatic heterocycles. The number of benzene rings is 1. The Morgan fingerprint density at radius 1 is 1.20 bits per heavy atom. The summed E-state index contributed by atoms with van der Waals surface area (Å²) in [5.41, 5.74) is -0.618. The van der Waals surface area contributed by atoms with Crippen molar-refractivity contribution in [3.63, 3.8) is 0 Å². The van der Waals surface area contributed by atoms with Crippen LogP contribution in [0.2, 0.25) is 18.1 Å². The lowest BCUT2D eigenvalue weighted by atomic mass is 9.77. The van der Waals surface area contributed by atoms with Gasteiger partial charge >= 0.3 is 12.1 Å². The predicted octanol–water partition coefficient (Wildman–Crippen LogP) is 2.89. The number of aliphatic hydroxyl groups excluding tert-OH is 1. The van der Waals surface area contributed by atoms with Gasteiger partial charge in [0.05, 0.1) is 18.8 Å². The molecule has 1 aromatic carbocycles. The zero-order chi connectivity index (χ0) is 25.6. The van der Waals surface area contributed by atoms with E-state index in [0.29, 0.717) is 6.42 Å². The minimum Gasteiger partial charge on any atom is -0.460 e. The fraction of sp³-hybridized carbons (Fsp3) is 0.680. The normalized spacial score (nSPS) is 28.5. The Hall–Kier alpha value is -1.98.